The Hall–Kier alpha value is -3.09. The van der Waals surface area contributed by atoms with Crippen molar-refractivity contribution in [2.24, 2.45) is 5.73 Å². The van der Waals surface area contributed by atoms with Crippen LogP contribution in [0.4, 0.5) is 5.69 Å². The van der Waals surface area contributed by atoms with Crippen LogP contribution in [0.3, 0.4) is 0 Å². The van der Waals surface area contributed by atoms with Gasteiger partial charge < -0.3 is 20.6 Å². The van der Waals surface area contributed by atoms with E-state index in [1.807, 2.05) is 61.7 Å². The molecule has 0 aliphatic carbocycles. The van der Waals surface area contributed by atoms with E-state index < -0.39 is 0 Å². The normalized spacial score (nSPS) is 15.3. The fraction of sp³-hybridized carbons (Fsp3) is 0.150. The molecule has 6 nitrogen and oxygen atoms in total. The highest BCUT2D eigenvalue weighted by Gasteiger charge is 2.24. The average molecular weight is 348 g/mol. The minimum Gasteiger partial charge on any atom is -0.497 e. The van der Waals surface area contributed by atoms with Gasteiger partial charge in [-0.05, 0) is 48.9 Å². The van der Waals surface area contributed by atoms with Crippen LogP contribution in [0.25, 0.3) is 11.1 Å². The van der Waals surface area contributed by atoms with Crippen LogP contribution in [0.5, 0.6) is 17.2 Å². The zero-order valence-electron chi connectivity index (χ0n) is 14.6. The van der Waals surface area contributed by atoms with E-state index in [1.165, 1.54) is 0 Å². The van der Waals surface area contributed by atoms with Gasteiger partial charge in [0.25, 0.3) is 0 Å². The Morgan fingerprint density at radius 3 is 2.23 bits per heavy atom. The van der Waals surface area contributed by atoms with Crippen LogP contribution in [0.15, 0.2) is 54.7 Å². The van der Waals surface area contributed by atoms with Gasteiger partial charge in [0.1, 0.15) is 23.4 Å². The highest BCUT2D eigenvalue weighted by Crippen LogP contribution is 2.37. The fourth-order valence-electron chi connectivity index (χ4n) is 3.04. The van der Waals surface area contributed by atoms with E-state index in [4.69, 9.17) is 15.2 Å². The third kappa shape index (κ3) is 2.96. The molecule has 4 rings (SSSR count). The summed E-state index contributed by atoms with van der Waals surface area (Å²) in [4.78, 5) is 4.47. The molecule has 1 aliphatic rings. The van der Waals surface area contributed by atoms with E-state index in [0.717, 1.165) is 45.3 Å². The number of rotatable bonds is 4. The number of nitrogens with zero attached hydrogens (tertiary/aromatic N) is 1. The number of benzene rings is 2. The Labute approximate surface area is 151 Å². The number of hydrazine groups is 1. The third-order valence-electron chi connectivity index (χ3n) is 4.43. The molecule has 1 aliphatic heterocycles. The predicted octanol–water partition coefficient (Wildman–Crippen LogP) is 3.75. The predicted molar refractivity (Wildman–Crippen MR) is 101 cm³/mol. The molecule has 0 bridgehead atoms. The Kier molecular flexibility index (Phi) is 4.20. The highest BCUT2D eigenvalue weighted by molar-refractivity contribution is 5.76. The number of ether oxygens (including phenoxy) is 2. The van der Waals surface area contributed by atoms with E-state index in [-0.39, 0.29) is 6.17 Å². The lowest BCUT2D eigenvalue weighted by atomic mass is 9.98. The number of hydrogen-bond acceptors (Lipinski definition) is 6. The van der Waals surface area contributed by atoms with Gasteiger partial charge in [0.05, 0.1) is 18.5 Å². The number of anilines is 1. The Balaban J connectivity index is 1.60. The summed E-state index contributed by atoms with van der Waals surface area (Å²) in [6.45, 7) is 1.96. The lowest BCUT2D eigenvalue weighted by Gasteiger charge is -2.12. The molecule has 1 atom stereocenters. The van der Waals surface area contributed by atoms with Crippen molar-refractivity contribution in [3.05, 3.63) is 66.0 Å². The number of fused-ring (bicyclic) bond motifs is 1. The quantitative estimate of drug-likeness (QED) is 0.666. The molecule has 0 saturated carbocycles. The van der Waals surface area contributed by atoms with Crippen LogP contribution in [0.2, 0.25) is 0 Å². The van der Waals surface area contributed by atoms with Gasteiger partial charge in [0.2, 0.25) is 0 Å². The molecule has 1 unspecified atom stereocenters. The van der Waals surface area contributed by atoms with E-state index in [0.29, 0.717) is 0 Å². The smallest absolute Gasteiger partial charge is 0.127 e. The molecule has 4 N–H and O–H groups in total. The first kappa shape index (κ1) is 16.4. The third-order valence-corrected chi connectivity index (χ3v) is 4.43. The van der Waals surface area contributed by atoms with E-state index in [9.17, 15) is 0 Å². The molecule has 0 amide bonds. The van der Waals surface area contributed by atoms with Crippen molar-refractivity contribution in [3.63, 3.8) is 0 Å². The van der Waals surface area contributed by atoms with Crippen LogP contribution in [-0.2, 0) is 0 Å². The molecule has 2 aromatic carbocycles. The molecule has 6 heteroatoms. The number of hydrogen-bond donors (Lipinski definition) is 3. The summed E-state index contributed by atoms with van der Waals surface area (Å²) < 4.78 is 11.0. The van der Waals surface area contributed by atoms with Gasteiger partial charge in [0.15, 0.2) is 0 Å². The Bertz CT molecular complexity index is 924. The van der Waals surface area contributed by atoms with Gasteiger partial charge >= 0.3 is 0 Å². The van der Waals surface area contributed by atoms with E-state index in [2.05, 4.69) is 15.8 Å². The molecule has 26 heavy (non-hydrogen) atoms. The van der Waals surface area contributed by atoms with E-state index in [1.54, 1.807) is 7.11 Å². The van der Waals surface area contributed by atoms with Gasteiger partial charge in [0, 0.05) is 17.3 Å². The van der Waals surface area contributed by atoms with Crippen molar-refractivity contribution in [3.8, 4) is 28.4 Å². The molecule has 0 spiro atoms. The molecule has 0 fully saturated rings. The van der Waals surface area contributed by atoms with Gasteiger partial charge in [-0.25, -0.2) is 5.43 Å². The summed E-state index contributed by atoms with van der Waals surface area (Å²) in [5, 5.41) is 0. The SMILES string of the molecule is COc1ccc(Oc2ccc(-c3cnc(C)c4c3C(N)NN4)cc2)cc1. The highest BCUT2D eigenvalue weighted by atomic mass is 16.5. The van der Waals surface area contributed by atoms with Gasteiger partial charge in [-0.2, -0.15) is 0 Å². The Morgan fingerprint density at radius 2 is 1.58 bits per heavy atom. The number of pyridine rings is 1. The largest absolute Gasteiger partial charge is 0.497 e. The summed E-state index contributed by atoms with van der Waals surface area (Å²) in [5.74, 6) is 2.31. The second-order valence-electron chi connectivity index (χ2n) is 6.09. The lowest BCUT2D eigenvalue weighted by Crippen LogP contribution is -2.25. The van der Waals surface area contributed by atoms with Crippen molar-refractivity contribution in [1.29, 1.82) is 0 Å². The number of aryl methyl sites for hydroxylation is 1. The first-order valence-corrected chi connectivity index (χ1v) is 8.34. The van der Waals surface area contributed by atoms with Gasteiger partial charge in [-0.1, -0.05) is 12.1 Å². The summed E-state index contributed by atoms with van der Waals surface area (Å²) in [7, 11) is 1.64. The number of nitrogens with two attached hydrogens (primary N) is 1. The standard InChI is InChI=1S/C20H20N4O2/c1-12-19-18(20(21)24-23-19)17(11-22-12)13-3-5-15(6-4-13)26-16-9-7-14(25-2)8-10-16/h3-11,20,23-24H,21H2,1-2H3. The van der Waals surface area contributed by atoms with Crippen molar-refractivity contribution in [2.75, 3.05) is 12.5 Å². The number of methoxy groups -OCH3 is 1. The van der Waals surface area contributed by atoms with Crippen LogP contribution < -0.4 is 26.1 Å². The Morgan fingerprint density at radius 1 is 0.962 bits per heavy atom. The van der Waals surface area contributed by atoms with Crippen LogP contribution in [0.1, 0.15) is 17.4 Å². The maximum Gasteiger partial charge on any atom is 0.127 e. The summed E-state index contributed by atoms with van der Waals surface area (Å²) >= 11 is 0. The minimum atomic E-state index is -0.267. The van der Waals surface area contributed by atoms with Crippen LogP contribution in [0, 0.1) is 6.92 Å². The van der Waals surface area contributed by atoms with E-state index >= 15 is 0 Å². The van der Waals surface area contributed by atoms with Crippen molar-refractivity contribution < 1.29 is 9.47 Å². The monoisotopic (exact) mass is 348 g/mol. The zero-order chi connectivity index (χ0) is 18.1. The first-order valence-electron chi connectivity index (χ1n) is 8.34. The average Bonchev–Trinajstić information content (AvgIpc) is 3.06. The molecular formula is C20H20N4O2. The molecule has 132 valence electrons. The van der Waals surface area contributed by atoms with Crippen LogP contribution >= 0.6 is 0 Å². The first-order chi connectivity index (χ1) is 12.7. The maximum atomic E-state index is 6.17. The molecule has 3 aromatic rings. The van der Waals surface area contributed by atoms with Crippen LogP contribution in [-0.4, -0.2) is 12.1 Å². The van der Waals surface area contributed by atoms with Crippen molar-refractivity contribution >= 4 is 5.69 Å². The molecule has 0 radical (unpaired) electrons. The maximum absolute atomic E-state index is 6.17. The topological polar surface area (TPSA) is 81.4 Å². The summed E-state index contributed by atoms with van der Waals surface area (Å²) in [6.07, 6.45) is 1.60. The number of aromatic nitrogens is 1. The summed E-state index contributed by atoms with van der Waals surface area (Å²) in [6, 6.07) is 15.4. The molecule has 1 aromatic heterocycles. The van der Waals surface area contributed by atoms with Crippen molar-refractivity contribution in [1.82, 2.24) is 10.4 Å². The minimum absolute atomic E-state index is 0.267. The second-order valence-corrected chi connectivity index (χ2v) is 6.09. The molecule has 0 saturated heterocycles. The fourth-order valence-corrected chi connectivity index (χ4v) is 3.04. The van der Waals surface area contributed by atoms with Gasteiger partial charge in [-0.3, -0.25) is 4.98 Å². The number of nitrogens with one attached hydrogen (secondary N) is 2. The second kappa shape index (κ2) is 6.67. The van der Waals surface area contributed by atoms with Gasteiger partial charge in [-0.15, -0.1) is 0 Å². The van der Waals surface area contributed by atoms with Crippen molar-refractivity contribution in [2.45, 2.75) is 13.1 Å². The molecular weight excluding hydrogens is 328 g/mol. The zero-order valence-corrected chi connectivity index (χ0v) is 14.6. The summed E-state index contributed by atoms with van der Waals surface area (Å²) in [5.41, 5.74) is 17.3. The molecule has 2 heterocycles. The lowest BCUT2D eigenvalue weighted by molar-refractivity contribution is 0.413.